The van der Waals surface area contributed by atoms with E-state index in [9.17, 15) is 8.42 Å². The monoisotopic (exact) mass is 340 g/mol. The summed E-state index contributed by atoms with van der Waals surface area (Å²) in [4.78, 5) is 0. The van der Waals surface area contributed by atoms with Crippen molar-refractivity contribution in [3.63, 3.8) is 0 Å². The lowest BCUT2D eigenvalue weighted by Crippen LogP contribution is -2.15. The zero-order chi connectivity index (χ0) is 12.9. The highest BCUT2D eigenvalue weighted by molar-refractivity contribution is 9.08. The van der Waals surface area contributed by atoms with E-state index in [1.54, 1.807) is 25.1 Å². The molecule has 3 nitrogen and oxygen atoms in total. The lowest BCUT2D eigenvalue weighted by Gasteiger charge is -2.10. The summed E-state index contributed by atoms with van der Waals surface area (Å²) >= 11 is 9.18. The minimum absolute atomic E-state index is 0.0356. The van der Waals surface area contributed by atoms with Gasteiger partial charge >= 0.3 is 0 Å². The molecular formula is C11H14BrClO3S. The molecule has 96 valence electrons. The number of hydrogen-bond donors (Lipinski definition) is 0. The zero-order valence-electron chi connectivity index (χ0n) is 9.45. The summed E-state index contributed by atoms with van der Waals surface area (Å²) in [6.07, 6.45) is 0. The Hall–Kier alpha value is -0.260. The van der Waals surface area contributed by atoms with Gasteiger partial charge in [-0.15, -0.1) is 0 Å². The standard InChI is InChI=1S/C11H14BrClO3S/c1-2-17(14,15)6-5-16-11-4-3-10(13)7-9(11)8-12/h3-4,7H,2,5-6,8H2,1H3. The highest BCUT2D eigenvalue weighted by Gasteiger charge is 2.09. The van der Waals surface area contributed by atoms with Crippen LogP contribution in [-0.2, 0) is 15.2 Å². The molecule has 0 atom stereocenters. The molecule has 1 aromatic carbocycles. The molecule has 1 aromatic rings. The van der Waals surface area contributed by atoms with Gasteiger partial charge in [0.1, 0.15) is 12.4 Å². The Morgan fingerprint density at radius 1 is 1.41 bits per heavy atom. The second-order valence-electron chi connectivity index (χ2n) is 3.47. The first-order chi connectivity index (χ1) is 7.98. The van der Waals surface area contributed by atoms with Crippen molar-refractivity contribution in [1.29, 1.82) is 0 Å². The summed E-state index contributed by atoms with van der Waals surface area (Å²) in [6, 6.07) is 5.26. The van der Waals surface area contributed by atoms with Gasteiger partial charge in [-0.1, -0.05) is 34.5 Å². The fourth-order valence-corrected chi connectivity index (χ4v) is 2.48. The maximum absolute atomic E-state index is 11.3. The SMILES string of the molecule is CCS(=O)(=O)CCOc1ccc(Cl)cc1CBr. The van der Waals surface area contributed by atoms with Crippen molar-refractivity contribution in [2.75, 3.05) is 18.1 Å². The Morgan fingerprint density at radius 3 is 2.71 bits per heavy atom. The van der Waals surface area contributed by atoms with E-state index in [1.807, 2.05) is 0 Å². The molecule has 1 rings (SSSR count). The number of alkyl halides is 1. The van der Waals surface area contributed by atoms with Crippen molar-refractivity contribution in [3.8, 4) is 5.75 Å². The van der Waals surface area contributed by atoms with Crippen LogP contribution in [0.15, 0.2) is 18.2 Å². The van der Waals surface area contributed by atoms with E-state index in [-0.39, 0.29) is 18.1 Å². The smallest absolute Gasteiger partial charge is 0.153 e. The summed E-state index contributed by atoms with van der Waals surface area (Å²) in [5.74, 6) is 0.841. The number of ether oxygens (including phenoxy) is 1. The van der Waals surface area contributed by atoms with E-state index < -0.39 is 9.84 Å². The van der Waals surface area contributed by atoms with Crippen LogP contribution in [-0.4, -0.2) is 26.5 Å². The molecule has 0 aliphatic heterocycles. The van der Waals surface area contributed by atoms with Crippen LogP contribution in [0.4, 0.5) is 0 Å². The van der Waals surface area contributed by atoms with E-state index in [1.165, 1.54) is 0 Å². The lowest BCUT2D eigenvalue weighted by molar-refractivity contribution is 0.338. The van der Waals surface area contributed by atoms with E-state index in [0.717, 1.165) is 5.56 Å². The topological polar surface area (TPSA) is 43.4 Å². The minimum atomic E-state index is -2.98. The molecule has 0 aromatic heterocycles. The molecule has 0 aliphatic rings. The molecule has 0 unspecified atom stereocenters. The molecule has 0 radical (unpaired) electrons. The molecule has 0 saturated carbocycles. The molecule has 0 heterocycles. The molecule has 0 aliphatic carbocycles. The predicted octanol–water partition coefficient (Wildman–Crippen LogP) is 3.05. The van der Waals surface area contributed by atoms with Crippen LogP contribution in [0.3, 0.4) is 0 Å². The van der Waals surface area contributed by atoms with E-state index in [0.29, 0.717) is 16.1 Å². The molecule has 0 spiro atoms. The molecule has 6 heteroatoms. The largest absolute Gasteiger partial charge is 0.492 e. The van der Waals surface area contributed by atoms with Crippen molar-refractivity contribution >= 4 is 37.4 Å². The first-order valence-corrected chi connectivity index (χ1v) is 8.48. The Morgan fingerprint density at radius 2 is 2.12 bits per heavy atom. The van der Waals surface area contributed by atoms with Gasteiger partial charge in [0.05, 0.1) is 5.75 Å². The van der Waals surface area contributed by atoms with Crippen LogP contribution in [0.2, 0.25) is 5.02 Å². The first-order valence-electron chi connectivity index (χ1n) is 5.16. The van der Waals surface area contributed by atoms with Crippen molar-refractivity contribution in [2.24, 2.45) is 0 Å². The van der Waals surface area contributed by atoms with Crippen LogP contribution in [0, 0.1) is 0 Å². The van der Waals surface area contributed by atoms with Crippen LogP contribution < -0.4 is 4.74 Å². The number of benzene rings is 1. The van der Waals surface area contributed by atoms with Crippen LogP contribution in [0.5, 0.6) is 5.75 Å². The summed E-state index contributed by atoms with van der Waals surface area (Å²) < 4.78 is 28.0. The number of halogens is 2. The summed E-state index contributed by atoms with van der Waals surface area (Å²) in [5, 5.41) is 1.25. The Kier molecular flexibility index (Phi) is 5.76. The average molecular weight is 342 g/mol. The van der Waals surface area contributed by atoms with Crippen LogP contribution in [0.25, 0.3) is 0 Å². The molecule has 0 N–H and O–H groups in total. The maximum atomic E-state index is 11.3. The zero-order valence-corrected chi connectivity index (χ0v) is 12.6. The van der Waals surface area contributed by atoms with Gasteiger partial charge < -0.3 is 4.74 Å². The summed E-state index contributed by atoms with van der Waals surface area (Å²) in [5.41, 5.74) is 0.909. The number of rotatable bonds is 6. The normalized spacial score (nSPS) is 11.5. The third-order valence-electron chi connectivity index (χ3n) is 2.26. The lowest BCUT2D eigenvalue weighted by atomic mass is 10.2. The first kappa shape index (κ1) is 14.8. The molecule has 0 fully saturated rings. The molecule has 0 bridgehead atoms. The van der Waals surface area contributed by atoms with Gasteiger partial charge in [-0.2, -0.15) is 0 Å². The summed E-state index contributed by atoms with van der Waals surface area (Å²) in [7, 11) is -2.98. The second kappa shape index (κ2) is 6.61. The minimum Gasteiger partial charge on any atom is -0.492 e. The van der Waals surface area contributed by atoms with Gasteiger partial charge in [-0.25, -0.2) is 8.42 Å². The Labute approximate surface area is 115 Å². The van der Waals surface area contributed by atoms with E-state index in [2.05, 4.69) is 15.9 Å². The number of hydrogen-bond acceptors (Lipinski definition) is 3. The molecular weight excluding hydrogens is 328 g/mol. The highest BCUT2D eigenvalue weighted by atomic mass is 79.9. The molecule has 17 heavy (non-hydrogen) atoms. The van der Waals surface area contributed by atoms with Crippen molar-refractivity contribution in [2.45, 2.75) is 12.3 Å². The van der Waals surface area contributed by atoms with Gasteiger partial charge in [0, 0.05) is 21.7 Å². The van der Waals surface area contributed by atoms with Gasteiger partial charge in [0.15, 0.2) is 9.84 Å². The highest BCUT2D eigenvalue weighted by Crippen LogP contribution is 2.24. The van der Waals surface area contributed by atoms with Crippen molar-refractivity contribution in [3.05, 3.63) is 28.8 Å². The number of sulfone groups is 1. The molecule has 0 amide bonds. The molecule has 0 saturated heterocycles. The second-order valence-corrected chi connectivity index (χ2v) is 6.94. The predicted molar refractivity (Wildman–Crippen MR) is 73.9 cm³/mol. The fraction of sp³-hybridized carbons (Fsp3) is 0.455. The third kappa shape index (κ3) is 4.85. The Bertz CT molecular complexity index is 474. The van der Waals surface area contributed by atoms with Gasteiger partial charge in [0.2, 0.25) is 0 Å². The van der Waals surface area contributed by atoms with Gasteiger partial charge in [-0.05, 0) is 18.2 Å². The quantitative estimate of drug-likeness (QED) is 0.747. The van der Waals surface area contributed by atoms with Gasteiger partial charge in [-0.3, -0.25) is 0 Å². The third-order valence-corrected chi connectivity index (χ3v) is 4.77. The maximum Gasteiger partial charge on any atom is 0.153 e. The van der Waals surface area contributed by atoms with Crippen LogP contribution >= 0.6 is 27.5 Å². The van der Waals surface area contributed by atoms with E-state index in [4.69, 9.17) is 16.3 Å². The van der Waals surface area contributed by atoms with Crippen molar-refractivity contribution in [1.82, 2.24) is 0 Å². The fourth-order valence-electron chi connectivity index (χ4n) is 1.22. The van der Waals surface area contributed by atoms with Crippen LogP contribution in [0.1, 0.15) is 12.5 Å². The summed E-state index contributed by atoms with van der Waals surface area (Å²) in [6.45, 7) is 1.79. The van der Waals surface area contributed by atoms with Gasteiger partial charge in [0.25, 0.3) is 0 Å². The Balaban J connectivity index is 2.64. The average Bonchev–Trinajstić information content (AvgIpc) is 2.30. The van der Waals surface area contributed by atoms with Crippen molar-refractivity contribution < 1.29 is 13.2 Å². The van der Waals surface area contributed by atoms with E-state index >= 15 is 0 Å².